The van der Waals surface area contributed by atoms with Crippen molar-refractivity contribution in [3.63, 3.8) is 0 Å². The van der Waals surface area contributed by atoms with Crippen molar-refractivity contribution < 1.29 is 23.5 Å². The molecule has 0 radical (unpaired) electrons. The Morgan fingerprint density at radius 3 is 2.38 bits per heavy atom. The second-order valence-corrected chi connectivity index (χ2v) is 14.9. The van der Waals surface area contributed by atoms with Gasteiger partial charge in [0.1, 0.15) is 17.6 Å². The third kappa shape index (κ3) is 8.95. The Labute approximate surface area is 313 Å². The molecule has 3 saturated heterocycles. The molecule has 1 unspecified atom stereocenters. The summed E-state index contributed by atoms with van der Waals surface area (Å²) in [6.45, 7) is 6.08. The molecular weight excluding hydrogens is 699 g/mol. The predicted molar refractivity (Wildman–Crippen MR) is 196 cm³/mol. The maximum Gasteiger partial charge on any atom is 0.272 e. The van der Waals surface area contributed by atoms with Gasteiger partial charge >= 0.3 is 0 Å². The van der Waals surface area contributed by atoms with E-state index in [0.717, 1.165) is 89.2 Å². The number of aromatic nitrogens is 2. The summed E-state index contributed by atoms with van der Waals surface area (Å²) < 4.78 is 21.1. The van der Waals surface area contributed by atoms with Gasteiger partial charge in [0, 0.05) is 75.9 Å². The molecule has 14 heteroatoms. The quantitative estimate of drug-likeness (QED) is 0.300. The number of piperazine rings is 1. The molecule has 12 nitrogen and oxygen atoms in total. The number of imide groups is 1. The van der Waals surface area contributed by atoms with Crippen molar-refractivity contribution in [2.75, 3.05) is 44.2 Å². The van der Waals surface area contributed by atoms with Crippen molar-refractivity contribution in [1.82, 2.24) is 30.6 Å². The topological polar surface area (TPSA) is 144 Å². The summed E-state index contributed by atoms with van der Waals surface area (Å²) in [6, 6.07) is 16.4. The number of rotatable bonds is 9. The van der Waals surface area contributed by atoms with E-state index in [9.17, 15) is 14.4 Å². The molecular formula is C39H44ClFN8O4. The van der Waals surface area contributed by atoms with E-state index < -0.39 is 11.8 Å². The summed E-state index contributed by atoms with van der Waals surface area (Å²) >= 11 is 6.14. The molecule has 1 aromatic heterocycles. The molecule has 7 rings (SSSR count). The number of nitrogens with zero attached hydrogens (tertiary/aromatic N) is 6. The molecule has 0 bridgehead atoms. The van der Waals surface area contributed by atoms with E-state index in [1.165, 1.54) is 6.07 Å². The fourth-order valence-electron chi connectivity index (χ4n) is 8.00. The smallest absolute Gasteiger partial charge is 0.272 e. The Bertz CT molecular complexity index is 1850. The molecule has 2 aromatic carbocycles. The van der Waals surface area contributed by atoms with E-state index in [1.807, 2.05) is 12.1 Å². The molecule has 0 spiro atoms. The zero-order chi connectivity index (χ0) is 36.9. The molecule has 1 saturated carbocycles. The lowest BCUT2D eigenvalue weighted by atomic mass is 9.89. The highest BCUT2D eigenvalue weighted by atomic mass is 35.5. The molecule has 3 aromatic rings. The first kappa shape index (κ1) is 36.7. The standard InChI is InChI=1S/C39H44ClFN8O4/c40-33-22-30(5-2-26(33)23-42)53-29-6-3-27(4-7-29)43-39(52)35-10-11-36(46-45-35)49-15-13-28(14-16-49)48-19-17-47(18-20-48)24-25-1-8-31(34(41)21-25)32-9-12-37(50)44-38(32)51/h1-2,5,8,10-11,21-22,27-29,32H,3-4,6-7,9,12-20,24H2,(H,43,52)(H,44,50,51). The van der Waals surface area contributed by atoms with Crippen molar-refractivity contribution in [2.45, 2.75) is 82.0 Å². The number of hydrogen-bond acceptors (Lipinski definition) is 10. The number of benzene rings is 2. The Morgan fingerprint density at radius 2 is 1.72 bits per heavy atom. The molecule has 4 heterocycles. The number of ether oxygens (including phenoxy) is 1. The fourth-order valence-corrected chi connectivity index (χ4v) is 8.21. The maximum atomic E-state index is 15.0. The van der Waals surface area contributed by atoms with E-state index in [4.69, 9.17) is 21.6 Å². The van der Waals surface area contributed by atoms with Gasteiger partial charge in [-0.05, 0) is 80.8 Å². The second kappa shape index (κ2) is 16.6. The Morgan fingerprint density at radius 1 is 0.943 bits per heavy atom. The van der Waals surface area contributed by atoms with Crippen LogP contribution < -0.4 is 20.3 Å². The van der Waals surface area contributed by atoms with Gasteiger partial charge in [0.25, 0.3) is 5.91 Å². The van der Waals surface area contributed by atoms with Crippen LogP contribution in [0.25, 0.3) is 0 Å². The van der Waals surface area contributed by atoms with Gasteiger partial charge in [0.2, 0.25) is 11.8 Å². The Kier molecular flexibility index (Phi) is 11.5. The van der Waals surface area contributed by atoms with E-state index >= 15 is 4.39 Å². The van der Waals surface area contributed by atoms with Crippen LogP contribution in [0.1, 0.15) is 84.5 Å². The predicted octanol–water partition coefficient (Wildman–Crippen LogP) is 4.57. The highest BCUT2D eigenvalue weighted by Gasteiger charge is 2.31. The van der Waals surface area contributed by atoms with Crippen molar-refractivity contribution in [1.29, 1.82) is 5.26 Å². The SMILES string of the molecule is N#Cc1ccc(OC2CCC(NC(=O)c3ccc(N4CCC(N5CCN(Cc6ccc(C7CCC(=O)NC7=O)c(F)c6)CC5)CC4)nn3)CC2)cc1Cl. The normalized spacial score (nSPS) is 23.3. The van der Waals surface area contributed by atoms with Crippen molar-refractivity contribution in [2.24, 2.45) is 0 Å². The van der Waals surface area contributed by atoms with Crippen LogP contribution in [0, 0.1) is 17.1 Å². The number of hydrogen-bond donors (Lipinski definition) is 2. The highest BCUT2D eigenvalue weighted by molar-refractivity contribution is 6.31. The lowest BCUT2D eigenvalue weighted by Crippen LogP contribution is -2.53. The number of nitriles is 1. The average Bonchev–Trinajstić information content (AvgIpc) is 3.17. The largest absolute Gasteiger partial charge is 0.490 e. The van der Waals surface area contributed by atoms with E-state index in [1.54, 1.807) is 30.3 Å². The minimum absolute atomic E-state index is 0.0251. The van der Waals surface area contributed by atoms with Gasteiger partial charge in [-0.3, -0.25) is 29.5 Å². The average molecular weight is 743 g/mol. The van der Waals surface area contributed by atoms with Crippen molar-refractivity contribution >= 4 is 35.1 Å². The minimum atomic E-state index is -0.623. The van der Waals surface area contributed by atoms with E-state index in [0.29, 0.717) is 46.6 Å². The lowest BCUT2D eigenvalue weighted by Gasteiger charge is -2.43. The third-order valence-electron chi connectivity index (χ3n) is 11.1. The van der Waals surface area contributed by atoms with Crippen molar-refractivity contribution in [3.8, 4) is 11.8 Å². The zero-order valence-corrected chi connectivity index (χ0v) is 30.4. The summed E-state index contributed by atoms with van der Waals surface area (Å²) in [5, 5.41) is 23.5. The summed E-state index contributed by atoms with van der Waals surface area (Å²) in [6.07, 6.45) is 5.79. The Hall–Kier alpha value is -4.64. The summed E-state index contributed by atoms with van der Waals surface area (Å²) in [5.74, 6) is -0.539. The van der Waals surface area contributed by atoms with Crippen LogP contribution in [-0.4, -0.2) is 95.2 Å². The first-order valence-corrected chi connectivity index (χ1v) is 18.9. The van der Waals surface area contributed by atoms with Gasteiger partial charge in [-0.25, -0.2) is 4.39 Å². The van der Waals surface area contributed by atoms with Crippen LogP contribution >= 0.6 is 11.6 Å². The highest BCUT2D eigenvalue weighted by Crippen LogP contribution is 2.30. The van der Waals surface area contributed by atoms with E-state index in [2.05, 4.69) is 41.6 Å². The Balaban J connectivity index is 0.811. The number of anilines is 1. The van der Waals surface area contributed by atoms with Gasteiger partial charge in [0.15, 0.2) is 11.5 Å². The number of halogens is 2. The number of nitrogens with one attached hydrogen (secondary N) is 2. The number of carbonyl (C=O) groups is 3. The molecule has 3 amide bonds. The van der Waals surface area contributed by atoms with E-state index in [-0.39, 0.29) is 36.2 Å². The molecule has 1 aliphatic carbocycles. The molecule has 53 heavy (non-hydrogen) atoms. The van der Waals surface area contributed by atoms with Crippen LogP contribution in [0.2, 0.25) is 5.02 Å². The summed E-state index contributed by atoms with van der Waals surface area (Å²) in [4.78, 5) is 43.8. The summed E-state index contributed by atoms with van der Waals surface area (Å²) in [7, 11) is 0. The first-order valence-electron chi connectivity index (χ1n) is 18.6. The molecule has 1 atom stereocenters. The second-order valence-electron chi connectivity index (χ2n) is 14.5. The van der Waals surface area contributed by atoms with Gasteiger partial charge < -0.3 is 15.0 Å². The first-order chi connectivity index (χ1) is 25.7. The van der Waals surface area contributed by atoms with Crippen LogP contribution in [0.4, 0.5) is 10.2 Å². The zero-order valence-electron chi connectivity index (χ0n) is 29.6. The summed E-state index contributed by atoms with van der Waals surface area (Å²) in [5.41, 5.74) is 1.96. The van der Waals surface area contributed by atoms with Crippen molar-refractivity contribution in [3.05, 3.63) is 81.8 Å². The monoisotopic (exact) mass is 742 g/mol. The van der Waals surface area contributed by atoms with Gasteiger partial charge in [0.05, 0.1) is 22.6 Å². The molecule has 4 fully saturated rings. The molecule has 3 aliphatic heterocycles. The molecule has 278 valence electrons. The number of amides is 3. The molecule has 4 aliphatic rings. The molecule has 2 N–H and O–H groups in total. The van der Waals surface area contributed by atoms with Gasteiger partial charge in [-0.2, -0.15) is 5.26 Å². The van der Waals surface area contributed by atoms with Crippen LogP contribution in [0.15, 0.2) is 48.5 Å². The van der Waals surface area contributed by atoms with Crippen LogP contribution in [0.5, 0.6) is 5.75 Å². The third-order valence-corrected chi connectivity index (χ3v) is 11.4. The minimum Gasteiger partial charge on any atom is -0.490 e. The number of carbonyl (C=O) groups excluding carboxylic acids is 3. The maximum absolute atomic E-state index is 15.0. The van der Waals surface area contributed by atoms with Crippen LogP contribution in [-0.2, 0) is 16.1 Å². The van der Waals surface area contributed by atoms with Crippen LogP contribution in [0.3, 0.4) is 0 Å². The number of piperidine rings is 2. The fraction of sp³-hybridized carbons (Fsp3) is 0.487. The van der Waals surface area contributed by atoms with Gasteiger partial charge in [-0.1, -0.05) is 23.7 Å². The lowest BCUT2D eigenvalue weighted by molar-refractivity contribution is -0.134. The van der Waals surface area contributed by atoms with Gasteiger partial charge in [-0.15, -0.1) is 10.2 Å².